The van der Waals surface area contributed by atoms with Crippen LogP contribution in [-0.4, -0.2) is 23.4 Å². The van der Waals surface area contributed by atoms with Crippen LogP contribution in [0.2, 0.25) is 0 Å². The van der Waals surface area contributed by atoms with E-state index in [1.165, 1.54) is 15.9 Å². The number of hydrogen-bond acceptors (Lipinski definition) is 4. The molecule has 6 aromatic rings. The number of benzene rings is 6. The number of hydrogen-bond donors (Lipinski definition) is 2. The molecule has 0 bridgehead atoms. The molecule has 55 heavy (non-hydrogen) atoms. The third kappa shape index (κ3) is 10.6. The summed E-state index contributed by atoms with van der Waals surface area (Å²) in [6.07, 6.45) is 1.07. The normalized spacial score (nSPS) is 11.9. The van der Waals surface area contributed by atoms with Gasteiger partial charge in [0.15, 0.2) is 0 Å². The minimum atomic E-state index is -0.907. The van der Waals surface area contributed by atoms with Gasteiger partial charge in [0.1, 0.15) is 11.2 Å². The Kier molecular flexibility index (Phi) is 12.0. The summed E-state index contributed by atoms with van der Waals surface area (Å²) in [7, 11) is -0.907. The quantitative estimate of drug-likeness (QED) is 0.114. The Labute approximate surface area is 326 Å². The summed E-state index contributed by atoms with van der Waals surface area (Å²) in [5.41, 5.74) is 5.83. The smallest absolute Gasteiger partial charge is 0.412 e. The first-order valence-corrected chi connectivity index (χ1v) is 19.7. The Morgan fingerprint density at radius 2 is 1.02 bits per heavy atom. The molecule has 0 unspecified atom stereocenters. The van der Waals surface area contributed by atoms with Gasteiger partial charge in [0, 0.05) is 11.4 Å². The lowest BCUT2D eigenvalue weighted by molar-refractivity contribution is 0.0624. The number of carbonyl (C=O) groups excluding carboxylic acids is 2. The van der Waals surface area contributed by atoms with Gasteiger partial charge < -0.3 is 9.47 Å². The third-order valence-electron chi connectivity index (χ3n) is 8.34. The molecule has 6 nitrogen and oxygen atoms in total. The van der Waals surface area contributed by atoms with Crippen molar-refractivity contribution in [3.05, 3.63) is 174 Å². The summed E-state index contributed by atoms with van der Waals surface area (Å²) in [5, 5.41) is 9.57. The van der Waals surface area contributed by atoms with E-state index in [1.54, 1.807) is 0 Å². The Hall–Kier alpha value is -5.97. The summed E-state index contributed by atoms with van der Waals surface area (Å²) in [4.78, 5) is 25.6. The Morgan fingerprint density at radius 3 is 1.60 bits per heavy atom. The third-order valence-corrected chi connectivity index (χ3v) is 10.8. The SMILES string of the molecule is CC(C)(C)OC(=O)Nc1cccc(/C=C(\c2cccc(NC(=O)OC(C)(C)C)c2)c2ccccc2-c2ccccc2P(c2ccccc2)c2ccccc2)c1. The van der Waals surface area contributed by atoms with Crippen LogP contribution < -0.4 is 26.5 Å². The maximum Gasteiger partial charge on any atom is 0.412 e. The first-order chi connectivity index (χ1) is 26.3. The van der Waals surface area contributed by atoms with Gasteiger partial charge in [-0.2, -0.15) is 0 Å². The summed E-state index contributed by atoms with van der Waals surface area (Å²) < 4.78 is 11.1. The van der Waals surface area contributed by atoms with Crippen LogP contribution in [0.25, 0.3) is 22.8 Å². The number of anilines is 2. The first-order valence-electron chi connectivity index (χ1n) is 18.3. The average Bonchev–Trinajstić information content (AvgIpc) is 3.14. The molecule has 0 fully saturated rings. The number of ether oxygens (including phenoxy) is 2. The molecule has 0 spiro atoms. The highest BCUT2D eigenvalue weighted by Gasteiger charge is 2.23. The molecule has 7 heteroatoms. The molecular formula is C48H47N2O4P. The zero-order chi connectivity index (χ0) is 39.0. The molecule has 0 aliphatic carbocycles. The predicted molar refractivity (Wildman–Crippen MR) is 230 cm³/mol. The van der Waals surface area contributed by atoms with Crippen LogP contribution in [0.15, 0.2) is 158 Å². The number of carbonyl (C=O) groups is 2. The summed E-state index contributed by atoms with van der Waals surface area (Å²) in [5.74, 6) is 0. The van der Waals surface area contributed by atoms with Crippen LogP contribution in [0.1, 0.15) is 58.2 Å². The molecule has 6 rings (SSSR count). The second kappa shape index (κ2) is 17.0. The van der Waals surface area contributed by atoms with Crippen molar-refractivity contribution in [3.8, 4) is 11.1 Å². The van der Waals surface area contributed by atoms with E-state index in [0.717, 1.165) is 33.4 Å². The van der Waals surface area contributed by atoms with E-state index in [4.69, 9.17) is 9.47 Å². The predicted octanol–water partition coefficient (Wildman–Crippen LogP) is 11.4. The lowest BCUT2D eigenvalue weighted by atomic mass is 9.89. The highest BCUT2D eigenvalue weighted by molar-refractivity contribution is 7.80. The summed E-state index contributed by atoms with van der Waals surface area (Å²) in [6.45, 7) is 11.0. The van der Waals surface area contributed by atoms with Gasteiger partial charge in [-0.15, -0.1) is 0 Å². The minimum Gasteiger partial charge on any atom is -0.444 e. The van der Waals surface area contributed by atoms with E-state index >= 15 is 0 Å². The summed E-state index contributed by atoms with van der Waals surface area (Å²) >= 11 is 0. The van der Waals surface area contributed by atoms with Crippen LogP contribution in [0.3, 0.4) is 0 Å². The van der Waals surface area contributed by atoms with Crippen molar-refractivity contribution in [2.75, 3.05) is 10.6 Å². The van der Waals surface area contributed by atoms with Gasteiger partial charge in [-0.3, -0.25) is 10.6 Å². The van der Waals surface area contributed by atoms with Gasteiger partial charge in [0.2, 0.25) is 0 Å². The molecule has 6 aromatic carbocycles. The van der Waals surface area contributed by atoms with Crippen LogP contribution in [0.5, 0.6) is 0 Å². The second-order valence-corrected chi connectivity index (χ2v) is 17.3. The molecule has 0 aliphatic heterocycles. The van der Waals surface area contributed by atoms with Gasteiger partial charge in [-0.1, -0.05) is 133 Å². The number of nitrogens with one attached hydrogen (secondary N) is 2. The monoisotopic (exact) mass is 746 g/mol. The molecule has 0 saturated heterocycles. The lowest BCUT2D eigenvalue weighted by Crippen LogP contribution is -2.27. The van der Waals surface area contributed by atoms with Crippen LogP contribution in [0, 0.1) is 0 Å². The molecule has 0 atom stereocenters. The van der Waals surface area contributed by atoms with Gasteiger partial charge in [0.25, 0.3) is 0 Å². The Balaban J connectivity index is 1.51. The molecule has 0 aromatic heterocycles. The maximum absolute atomic E-state index is 12.9. The van der Waals surface area contributed by atoms with E-state index in [-0.39, 0.29) is 0 Å². The van der Waals surface area contributed by atoms with E-state index in [0.29, 0.717) is 11.4 Å². The van der Waals surface area contributed by atoms with Crippen molar-refractivity contribution < 1.29 is 19.1 Å². The fraction of sp³-hybridized carbons (Fsp3) is 0.167. The first kappa shape index (κ1) is 38.7. The fourth-order valence-electron chi connectivity index (χ4n) is 6.23. The highest BCUT2D eigenvalue weighted by Crippen LogP contribution is 2.40. The van der Waals surface area contributed by atoms with E-state index in [1.807, 2.05) is 90.1 Å². The van der Waals surface area contributed by atoms with Crippen molar-refractivity contribution >= 4 is 59.0 Å². The molecule has 2 N–H and O–H groups in total. The molecule has 0 heterocycles. The molecule has 0 radical (unpaired) electrons. The molecule has 278 valence electrons. The number of amides is 2. The van der Waals surface area contributed by atoms with E-state index in [2.05, 4.69) is 126 Å². The zero-order valence-corrected chi connectivity index (χ0v) is 33.1. The summed E-state index contributed by atoms with van der Waals surface area (Å²) in [6, 6.07) is 54.0. The second-order valence-electron chi connectivity index (χ2n) is 15.1. The van der Waals surface area contributed by atoms with Crippen molar-refractivity contribution in [2.45, 2.75) is 52.7 Å². The maximum atomic E-state index is 12.9. The van der Waals surface area contributed by atoms with E-state index < -0.39 is 31.3 Å². The minimum absolute atomic E-state index is 0.523. The Morgan fingerprint density at radius 1 is 0.527 bits per heavy atom. The average molecular weight is 747 g/mol. The largest absolute Gasteiger partial charge is 0.444 e. The Bertz CT molecular complexity index is 2250. The molecule has 2 amide bonds. The standard InChI is InChI=1S/C48H47N2O4P/c1-47(2,3)53-45(51)49-36-21-17-19-34(31-36)32-43(35-20-18-22-37(33-35)50-46(52)54-48(4,5)6)41-28-14-13-27-40(41)42-29-15-16-30-44(42)55(38-23-9-7-10-24-38)39-25-11-8-12-26-39/h7-33H,1-6H3,(H,49,51)(H,50,52)/b43-32+. The molecule has 0 aliphatic rings. The van der Waals surface area contributed by atoms with Crippen molar-refractivity contribution in [1.29, 1.82) is 0 Å². The van der Waals surface area contributed by atoms with Gasteiger partial charge in [-0.25, -0.2) is 9.59 Å². The van der Waals surface area contributed by atoms with Gasteiger partial charge >= 0.3 is 12.2 Å². The van der Waals surface area contributed by atoms with Gasteiger partial charge in [0.05, 0.1) is 0 Å². The van der Waals surface area contributed by atoms with Crippen LogP contribution in [0.4, 0.5) is 21.0 Å². The van der Waals surface area contributed by atoms with Gasteiger partial charge in [-0.05, 0) is 129 Å². The zero-order valence-electron chi connectivity index (χ0n) is 32.2. The molecule has 0 saturated carbocycles. The number of rotatable bonds is 9. The molecular weight excluding hydrogens is 700 g/mol. The highest BCUT2D eigenvalue weighted by atomic mass is 31.1. The van der Waals surface area contributed by atoms with Crippen LogP contribution in [-0.2, 0) is 9.47 Å². The van der Waals surface area contributed by atoms with Crippen LogP contribution >= 0.6 is 7.92 Å². The van der Waals surface area contributed by atoms with Crippen molar-refractivity contribution in [2.24, 2.45) is 0 Å². The van der Waals surface area contributed by atoms with E-state index in [9.17, 15) is 9.59 Å². The lowest BCUT2D eigenvalue weighted by Gasteiger charge is -2.24. The topological polar surface area (TPSA) is 76.7 Å². The fourth-order valence-corrected chi connectivity index (χ4v) is 8.69. The van der Waals surface area contributed by atoms with Crippen molar-refractivity contribution in [3.63, 3.8) is 0 Å². The van der Waals surface area contributed by atoms with Crippen molar-refractivity contribution in [1.82, 2.24) is 0 Å².